The van der Waals surface area contributed by atoms with Gasteiger partial charge in [-0.15, -0.1) is 0 Å². The first-order chi connectivity index (χ1) is 8.63. The minimum absolute atomic E-state index is 0.232. The maximum absolute atomic E-state index is 11.8. The molecular weight excluding hydrogens is 252 g/mol. The van der Waals surface area contributed by atoms with E-state index in [1.807, 2.05) is 0 Å². The molecule has 0 aliphatic carbocycles. The number of sulfonamides is 1. The number of rotatable bonds is 5. The van der Waals surface area contributed by atoms with Gasteiger partial charge in [-0.05, 0) is 19.2 Å². The topological polar surface area (TPSA) is 86.9 Å². The van der Waals surface area contributed by atoms with Gasteiger partial charge >= 0.3 is 0 Å². The van der Waals surface area contributed by atoms with E-state index in [9.17, 15) is 8.42 Å². The quantitative estimate of drug-likeness (QED) is 0.751. The van der Waals surface area contributed by atoms with E-state index < -0.39 is 10.0 Å². The van der Waals surface area contributed by atoms with Crippen molar-refractivity contribution >= 4 is 15.7 Å². The number of H-pyrrole nitrogens is 1. The lowest BCUT2D eigenvalue weighted by Crippen LogP contribution is -2.20. The standard InChI is InChI=1S/C11H14N4O2S/c1-12-18(16,17)11-5-3-2-4-10(11)13-6-9-7-14-15-8-9/h2-5,7-8,12-13H,6H2,1H3,(H,14,15). The Morgan fingerprint density at radius 1 is 1.33 bits per heavy atom. The van der Waals surface area contributed by atoms with E-state index in [-0.39, 0.29) is 4.90 Å². The highest BCUT2D eigenvalue weighted by Gasteiger charge is 2.15. The van der Waals surface area contributed by atoms with Crippen LogP contribution >= 0.6 is 0 Å². The van der Waals surface area contributed by atoms with Crippen molar-refractivity contribution in [1.29, 1.82) is 0 Å². The molecule has 7 heteroatoms. The van der Waals surface area contributed by atoms with Crippen molar-refractivity contribution in [3.63, 3.8) is 0 Å². The van der Waals surface area contributed by atoms with Gasteiger partial charge in [0.15, 0.2) is 0 Å². The molecule has 0 amide bonds. The van der Waals surface area contributed by atoms with Crippen molar-refractivity contribution in [2.24, 2.45) is 0 Å². The number of benzene rings is 1. The molecule has 0 saturated heterocycles. The molecule has 1 aromatic carbocycles. The summed E-state index contributed by atoms with van der Waals surface area (Å²) in [4.78, 5) is 0.232. The zero-order valence-corrected chi connectivity index (χ0v) is 10.7. The van der Waals surface area contributed by atoms with Crippen LogP contribution < -0.4 is 10.0 Å². The second-order valence-electron chi connectivity index (χ2n) is 3.66. The highest BCUT2D eigenvalue weighted by Crippen LogP contribution is 2.20. The molecule has 2 aromatic rings. The number of para-hydroxylation sites is 1. The maximum atomic E-state index is 11.8. The third-order valence-electron chi connectivity index (χ3n) is 2.48. The van der Waals surface area contributed by atoms with Crippen LogP contribution in [0.3, 0.4) is 0 Å². The summed E-state index contributed by atoms with van der Waals surface area (Å²) in [6, 6.07) is 6.76. The Morgan fingerprint density at radius 2 is 2.11 bits per heavy atom. The Hall–Kier alpha value is -1.86. The van der Waals surface area contributed by atoms with Gasteiger partial charge < -0.3 is 5.32 Å². The Balaban J connectivity index is 2.23. The number of anilines is 1. The van der Waals surface area contributed by atoms with Crippen LogP contribution in [0.25, 0.3) is 0 Å². The van der Waals surface area contributed by atoms with E-state index in [1.165, 1.54) is 7.05 Å². The van der Waals surface area contributed by atoms with Crippen molar-refractivity contribution in [3.05, 3.63) is 42.2 Å². The molecule has 1 aromatic heterocycles. The van der Waals surface area contributed by atoms with Gasteiger partial charge in [0, 0.05) is 18.3 Å². The molecule has 6 nitrogen and oxygen atoms in total. The summed E-state index contributed by atoms with van der Waals surface area (Å²) in [5.74, 6) is 0. The lowest BCUT2D eigenvalue weighted by Gasteiger charge is -2.11. The third kappa shape index (κ3) is 2.69. The number of hydrogen-bond acceptors (Lipinski definition) is 4. The summed E-state index contributed by atoms with van der Waals surface area (Å²) >= 11 is 0. The van der Waals surface area contributed by atoms with E-state index in [0.29, 0.717) is 12.2 Å². The number of hydrogen-bond donors (Lipinski definition) is 3. The fraction of sp³-hybridized carbons (Fsp3) is 0.182. The van der Waals surface area contributed by atoms with Crippen LogP contribution in [0.1, 0.15) is 5.56 Å². The highest BCUT2D eigenvalue weighted by molar-refractivity contribution is 7.89. The first-order valence-corrected chi connectivity index (χ1v) is 6.86. The van der Waals surface area contributed by atoms with Crippen molar-refractivity contribution in [2.75, 3.05) is 12.4 Å². The molecule has 0 unspecified atom stereocenters. The smallest absolute Gasteiger partial charge is 0.242 e. The summed E-state index contributed by atoms with van der Waals surface area (Å²) in [7, 11) is -2.06. The molecule has 0 atom stereocenters. The highest BCUT2D eigenvalue weighted by atomic mass is 32.2. The van der Waals surface area contributed by atoms with Gasteiger partial charge in [-0.3, -0.25) is 5.10 Å². The normalized spacial score (nSPS) is 11.4. The molecule has 0 saturated carbocycles. The Kier molecular flexibility index (Phi) is 3.63. The van der Waals surface area contributed by atoms with Crippen molar-refractivity contribution < 1.29 is 8.42 Å². The summed E-state index contributed by atoms with van der Waals surface area (Å²) in [6.45, 7) is 0.507. The average Bonchev–Trinajstić information content (AvgIpc) is 2.90. The van der Waals surface area contributed by atoms with E-state index in [0.717, 1.165) is 5.56 Å². The Morgan fingerprint density at radius 3 is 2.78 bits per heavy atom. The van der Waals surface area contributed by atoms with Gasteiger partial charge in [-0.25, -0.2) is 13.1 Å². The summed E-state index contributed by atoms with van der Waals surface area (Å²) in [6.07, 6.45) is 3.43. The van der Waals surface area contributed by atoms with E-state index in [1.54, 1.807) is 36.7 Å². The van der Waals surface area contributed by atoms with Crippen LogP contribution in [-0.4, -0.2) is 25.7 Å². The van der Waals surface area contributed by atoms with Gasteiger partial charge in [0.1, 0.15) is 4.90 Å². The number of aromatic amines is 1. The number of aromatic nitrogens is 2. The Bertz CT molecular complexity index is 608. The molecule has 18 heavy (non-hydrogen) atoms. The summed E-state index contributed by atoms with van der Waals surface area (Å²) < 4.78 is 25.9. The van der Waals surface area contributed by atoms with Crippen LogP contribution in [0.5, 0.6) is 0 Å². The zero-order chi connectivity index (χ0) is 13.0. The van der Waals surface area contributed by atoms with Crippen LogP contribution in [0.4, 0.5) is 5.69 Å². The second kappa shape index (κ2) is 5.19. The molecule has 0 aliphatic rings. The average molecular weight is 266 g/mol. The van der Waals surface area contributed by atoms with Crippen LogP contribution in [0, 0.1) is 0 Å². The maximum Gasteiger partial charge on any atom is 0.242 e. The van der Waals surface area contributed by atoms with Crippen molar-refractivity contribution in [3.8, 4) is 0 Å². The lowest BCUT2D eigenvalue weighted by molar-refractivity contribution is 0.588. The lowest BCUT2D eigenvalue weighted by atomic mass is 10.3. The molecule has 0 spiro atoms. The molecule has 0 fully saturated rings. The predicted molar refractivity (Wildman–Crippen MR) is 68.6 cm³/mol. The van der Waals surface area contributed by atoms with Crippen molar-refractivity contribution in [2.45, 2.75) is 11.4 Å². The number of nitrogens with zero attached hydrogens (tertiary/aromatic N) is 1. The second-order valence-corrected chi connectivity index (χ2v) is 5.52. The van der Waals surface area contributed by atoms with Crippen LogP contribution in [0.2, 0.25) is 0 Å². The molecule has 3 N–H and O–H groups in total. The summed E-state index contributed by atoms with van der Waals surface area (Å²) in [5.41, 5.74) is 1.51. The zero-order valence-electron chi connectivity index (χ0n) is 9.84. The molecule has 96 valence electrons. The third-order valence-corrected chi connectivity index (χ3v) is 3.96. The van der Waals surface area contributed by atoms with E-state index >= 15 is 0 Å². The van der Waals surface area contributed by atoms with Gasteiger partial charge in [-0.2, -0.15) is 5.10 Å². The van der Waals surface area contributed by atoms with Gasteiger partial charge in [0.25, 0.3) is 0 Å². The van der Waals surface area contributed by atoms with Gasteiger partial charge in [0.2, 0.25) is 10.0 Å². The molecule has 0 bridgehead atoms. The molecule has 0 aliphatic heterocycles. The first-order valence-electron chi connectivity index (χ1n) is 5.37. The molecule has 1 heterocycles. The first kappa shape index (κ1) is 12.6. The molecular formula is C11H14N4O2S. The summed E-state index contributed by atoms with van der Waals surface area (Å²) in [5, 5.41) is 9.60. The largest absolute Gasteiger partial charge is 0.380 e. The Labute approximate surface area is 105 Å². The SMILES string of the molecule is CNS(=O)(=O)c1ccccc1NCc1cn[nH]c1. The fourth-order valence-electron chi connectivity index (χ4n) is 1.53. The molecule has 0 radical (unpaired) electrons. The van der Waals surface area contributed by atoms with E-state index in [2.05, 4.69) is 20.2 Å². The fourth-order valence-corrected chi connectivity index (χ4v) is 2.44. The monoisotopic (exact) mass is 266 g/mol. The minimum atomic E-state index is -3.46. The van der Waals surface area contributed by atoms with Crippen LogP contribution in [0.15, 0.2) is 41.6 Å². The van der Waals surface area contributed by atoms with Gasteiger partial charge in [-0.1, -0.05) is 12.1 Å². The predicted octanol–water partition coefficient (Wildman–Crippen LogP) is 0.930. The van der Waals surface area contributed by atoms with Gasteiger partial charge in [0.05, 0.1) is 11.9 Å². The van der Waals surface area contributed by atoms with Crippen LogP contribution in [-0.2, 0) is 16.6 Å². The number of nitrogens with one attached hydrogen (secondary N) is 3. The van der Waals surface area contributed by atoms with E-state index in [4.69, 9.17) is 0 Å². The minimum Gasteiger partial charge on any atom is -0.380 e. The van der Waals surface area contributed by atoms with Crippen molar-refractivity contribution in [1.82, 2.24) is 14.9 Å². The molecule has 2 rings (SSSR count).